The topological polar surface area (TPSA) is 116 Å². The van der Waals surface area contributed by atoms with E-state index in [1.165, 1.54) is 13.2 Å². The van der Waals surface area contributed by atoms with Crippen molar-refractivity contribution in [2.45, 2.75) is 0 Å². The average Bonchev–Trinajstić information content (AvgIpc) is 2.16. The molecule has 0 fully saturated rings. The molecule has 80 valence electrons. The highest BCUT2D eigenvalue weighted by Crippen LogP contribution is 2.33. The van der Waals surface area contributed by atoms with Crippen molar-refractivity contribution in [2.75, 3.05) is 12.8 Å². The zero-order chi connectivity index (χ0) is 11.6. The van der Waals surface area contributed by atoms with Crippen LogP contribution in [0.15, 0.2) is 12.1 Å². The molecule has 7 nitrogen and oxygen atoms in total. The Morgan fingerprint density at radius 1 is 1.60 bits per heavy atom. The van der Waals surface area contributed by atoms with E-state index in [4.69, 9.17) is 15.6 Å². The maximum atomic E-state index is 10.8. The van der Waals surface area contributed by atoms with Gasteiger partial charge in [-0.25, -0.2) is 4.79 Å². The molecule has 0 aliphatic rings. The van der Waals surface area contributed by atoms with Gasteiger partial charge >= 0.3 is 5.97 Å². The molecule has 1 aromatic carbocycles. The number of carboxylic acid groups (broad SMARTS) is 1. The molecule has 0 bridgehead atoms. The number of aromatic carboxylic acids is 1. The van der Waals surface area contributed by atoms with Crippen molar-refractivity contribution in [1.82, 2.24) is 0 Å². The standard InChI is InChI=1S/C8H8N2O5/c1-15-7-4(9)2-3-5(10(13)14)6(7)8(11)12/h2-3H,9H2,1H3,(H,11,12). The Bertz CT molecular complexity index is 429. The monoisotopic (exact) mass is 212 g/mol. The number of nitro benzene ring substituents is 1. The Morgan fingerprint density at radius 2 is 2.20 bits per heavy atom. The van der Waals surface area contributed by atoms with E-state index in [-0.39, 0.29) is 11.4 Å². The Hall–Kier alpha value is -2.31. The average molecular weight is 212 g/mol. The van der Waals surface area contributed by atoms with E-state index in [0.29, 0.717) is 0 Å². The molecule has 7 heteroatoms. The number of hydrogen-bond acceptors (Lipinski definition) is 5. The number of nitro groups is 1. The van der Waals surface area contributed by atoms with E-state index < -0.39 is 22.1 Å². The molecule has 1 rings (SSSR count). The number of nitrogens with two attached hydrogens (primary N) is 1. The first-order valence-electron chi connectivity index (χ1n) is 3.83. The van der Waals surface area contributed by atoms with Crippen LogP contribution >= 0.6 is 0 Å². The molecule has 1 aromatic rings. The summed E-state index contributed by atoms with van der Waals surface area (Å²) in [4.78, 5) is 20.6. The lowest BCUT2D eigenvalue weighted by Crippen LogP contribution is -2.07. The largest absolute Gasteiger partial charge is 0.493 e. The predicted octanol–water partition coefficient (Wildman–Crippen LogP) is 0.884. The molecule has 3 N–H and O–H groups in total. The van der Waals surface area contributed by atoms with Crippen molar-refractivity contribution in [3.05, 3.63) is 27.8 Å². The molecule has 0 radical (unpaired) electrons. The molecule has 0 atom stereocenters. The lowest BCUT2D eigenvalue weighted by molar-refractivity contribution is -0.385. The second-order valence-electron chi connectivity index (χ2n) is 2.64. The summed E-state index contributed by atoms with van der Waals surface area (Å²) in [6.45, 7) is 0. The number of anilines is 1. The van der Waals surface area contributed by atoms with Crippen LogP contribution in [0.3, 0.4) is 0 Å². The highest BCUT2D eigenvalue weighted by Gasteiger charge is 2.26. The number of rotatable bonds is 3. The van der Waals surface area contributed by atoms with Crippen LogP contribution in [0.2, 0.25) is 0 Å². The van der Waals surface area contributed by atoms with Gasteiger partial charge in [0.2, 0.25) is 0 Å². The van der Waals surface area contributed by atoms with Gasteiger partial charge in [-0.15, -0.1) is 0 Å². The van der Waals surface area contributed by atoms with Crippen LogP contribution in [0.4, 0.5) is 11.4 Å². The van der Waals surface area contributed by atoms with Crippen molar-refractivity contribution in [3.63, 3.8) is 0 Å². The minimum absolute atomic E-state index is 0.0421. The molecule has 0 heterocycles. The van der Waals surface area contributed by atoms with Gasteiger partial charge in [-0.05, 0) is 6.07 Å². The zero-order valence-electron chi connectivity index (χ0n) is 7.76. The van der Waals surface area contributed by atoms with E-state index in [0.717, 1.165) is 6.07 Å². The molecule has 0 unspecified atom stereocenters. The fourth-order valence-electron chi connectivity index (χ4n) is 1.17. The van der Waals surface area contributed by atoms with Gasteiger partial charge in [-0.1, -0.05) is 0 Å². The second-order valence-corrected chi connectivity index (χ2v) is 2.64. The minimum atomic E-state index is -1.45. The Labute approximate surface area is 84.2 Å². The number of hydrogen-bond donors (Lipinski definition) is 2. The summed E-state index contributed by atoms with van der Waals surface area (Å²) in [5.41, 5.74) is 4.38. The fraction of sp³-hybridized carbons (Fsp3) is 0.125. The third-order valence-corrected chi connectivity index (χ3v) is 1.78. The van der Waals surface area contributed by atoms with E-state index >= 15 is 0 Å². The Kier molecular flexibility index (Phi) is 2.75. The highest BCUT2D eigenvalue weighted by atomic mass is 16.6. The summed E-state index contributed by atoms with van der Waals surface area (Å²) in [6.07, 6.45) is 0. The quantitative estimate of drug-likeness (QED) is 0.436. The first kappa shape index (κ1) is 10.8. The first-order chi connectivity index (χ1) is 6.99. The Morgan fingerprint density at radius 3 is 2.60 bits per heavy atom. The van der Waals surface area contributed by atoms with Gasteiger partial charge in [-0.2, -0.15) is 0 Å². The number of benzene rings is 1. The van der Waals surface area contributed by atoms with Crippen LogP contribution in [0.25, 0.3) is 0 Å². The van der Waals surface area contributed by atoms with E-state index in [9.17, 15) is 14.9 Å². The summed E-state index contributed by atoms with van der Waals surface area (Å²) in [7, 11) is 1.20. The smallest absolute Gasteiger partial charge is 0.346 e. The summed E-state index contributed by atoms with van der Waals surface area (Å²) < 4.78 is 4.72. The van der Waals surface area contributed by atoms with Gasteiger partial charge in [0.25, 0.3) is 5.69 Å². The van der Waals surface area contributed by atoms with Crippen LogP contribution in [0, 0.1) is 10.1 Å². The maximum absolute atomic E-state index is 10.8. The number of nitrogens with zero attached hydrogens (tertiary/aromatic N) is 1. The molecular formula is C8H8N2O5. The van der Waals surface area contributed by atoms with Gasteiger partial charge in [-0.3, -0.25) is 10.1 Å². The summed E-state index contributed by atoms with van der Waals surface area (Å²) in [5, 5.41) is 19.4. The minimum Gasteiger partial charge on any atom is -0.493 e. The van der Waals surface area contributed by atoms with Crippen LogP contribution in [-0.4, -0.2) is 23.1 Å². The fourth-order valence-corrected chi connectivity index (χ4v) is 1.17. The van der Waals surface area contributed by atoms with Gasteiger partial charge in [0.05, 0.1) is 17.7 Å². The third-order valence-electron chi connectivity index (χ3n) is 1.78. The van der Waals surface area contributed by atoms with Gasteiger partial charge in [0.15, 0.2) is 11.3 Å². The maximum Gasteiger partial charge on any atom is 0.346 e. The van der Waals surface area contributed by atoms with Crippen molar-refractivity contribution >= 4 is 17.3 Å². The normalized spacial score (nSPS) is 9.67. The lowest BCUT2D eigenvalue weighted by Gasteiger charge is -2.07. The number of nitrogen functional groups attached to an aromatic ring is 1. The lowest BCUT2D eigenvalue weighted by atomic mass is 10.1. The van der Waals surface area contributed by atoms with Crippen molar-refractivity contribution in [3.8, 4) is 5.75 Å². The van der Waals surface area contributed by atoms with E-state index in [2.05, 4.69) is 0 Å². The Balaban J connectivity index is 3.56. The van der Waals surface area contributed by atoms with Crippen molar-refractivity contribution in [1.29, 1.82) is 0 Å². The molecule has 0 amide bonds. The summed E-state index contributed by atoms with van der Waals surface area (Å²) >= 11 is 0. The zero-order valence-corrected chi connectivity index (χ0v) is 7.76. The van der Waals surface area contributed by atoms with Gasteiger partial charge in [0.1, 0.15) is 0 Å². The predicted molar refractivity (Wildman–Crippen MR) is 51.0 cm³/mol. The molecule has 0 saturated carbocycles. The molecule has 0 aliphatic carbocycles. The molecule has 15 heavy (non-hydrogen) atoms. The van der Waals surface area contributed by atoms with Crippen LogP contribution in [0.1, 0.15) is 10.4 Å². The molecule has 0 spiro atoms. The van der Waals surface area contributed by atoms with E-state index in [1.54, 1.807) is 0 Å². The number of carbonyl (C=O) groups is 1. The van der Waals surface area contributed by atoms with Crippen LogP contribution in [-0.2, 0) is 0 Å². The second kappa shape index (κ2) is 3.82. The van der Waals surface area contributed by atoms with Crippen molar-refractivity contribution in [2.24, 2.45) is 0 Å². The van der Waals surface area contributed by atoms with Crippen LogP contribution in [0.5, 0.6) is 5.75 Å². The first-order valence-corrected chi connectivity index (χ1v) is 3.83. The molecule has 0 saturated heterocycles. The molecular weight excluding hydrogens is 204 g/mol. The van der Waals surface area contributed by atoms with Crippen LogP contribution < -0.4 is 10.5 Å². The molecule has 0 aliphatic heterocycles. The third kappa shape index (κ3) is 1.80. The number of ether oxygens (including phenoxy) is 1. The highest BCUT2D eigenvalue weighted by molar-refractivity contribution is 5.97. The summed E-state index contributed by atoms with van der Waals surface area (Å²) in [6, 6.07) is 2.25. The van der Waals surface area contributed by atoms with E-state index in [1.807, 2.05) is 0 Å². The van der Waals surface area contributed by atoms with Gasteiger partial charge in [0, 0.05) is 6.07 Å². The number of methoxy groups -OCH3 is 1. The van der Waals surface area contributed by atoms with Gasteiger partial charge < -0.3 is 15.6 Å². The number of carboxylic acids is 1. The summed E-state index contributed by atoms with van der Waals surface area (Å²) in [5.74, 6) is -1.65. The van der Waals surface area contributed by atoms with Crippen molar-refractivity contribution < 1.29 is 19.6 Å². The molecule has 0 aromatic heterocycles. The SMILES string of the molecule is COc1c(N)ccc([N+](=O)[O-])c1C(=O)O.